The third-order valence-electron chi connectivity index (χ3n) is 6.06. The summed E-state index contributed by atoms with van der Waals surface area (Å²) in [4.78, 5) is 16.9. The number of hydrogen-bond donors (Lipinski definition) is 1. The summed E-state index contributed by atoms with van der Waals surface area (Å²) in [6.07, 6.45) is 5.92. The maximum absolute atomic E-state index is 12.4. The van der Waals surface area contributed by atoms with Crippen LogP contribution >= 0.6 is 0 Å². The standard InChI is InChI=1S/C23H31N3O2/c1-3-4-5-6-10-22-19(18-9-7-8-11-21(18)28-22)15-25-12-13-26-17(2)14-24-23(27)20(26)16-25/h7-9,11,20H,2-6,10,12-16H2,1H3,(H,24,27). The molecule has 1 amide bonds. The predicted molar refractivity (Wildman–Crippen MR) is 112 cm³/mol. The first kappa shape index (κ1) is 19.1. The Labute approximate surface area is 167 Å². The van der Waals surface area contributed by atoms with Crippen molar-refractivity contribution in [3.8, 4) is 0 Å². The largest absolute Gasteiger partial charge is 0.461 e. The van der Waals surface area contributed by atoms with Gasteiger partial charge < -0.3 is 14.6 Å². The van der Waals surface area contributed by atoms with Crippen molar-refractivity contribution in [2.45, 2.75) is 51.6 Å². The van der Waals surface area contributed by atoms with Gasteiger partial charge >= 0.3 is 0 Å². The molecule has 0 aliphatic carbocycles. The molecule has 0 radical (unpaired) electrons. The molecule has 0 saturated carbocycles. The number of carbonyl (C=O) groups is 1. The topological polar surface area (TPSA) is 48.7 Å². The number of amides is 1. The van der Waals surface area contributed by atoms with E-state index in [9.17, 15) is 4.79 Å². The van der Waals surface area contributed by atoms with E-state index in [2.05, 4.69) is 46.8 Å². The van der Waals surface area contributed by atoms with Crippen LogP contribution in [0.1, 0.15) is 43.9 Å². The highest BCUT2D eigenvalue weighted by atomic mass is 16.3. The molecule has 1 atom stereocenters. The Bertz CT molecular complexity index is 857. The molecule has 0 spiro atoms. The van der Waals surface area contributed by atoms with E-state index in [0.29, 0.717) is 6.54 Å². The van der Waals surface area contributed by atoms with Crippen molar-refractivity contribution in [3.63, 3.8) is 0 Å². The highest BCUT2D eigenvalue weighted by molar-refractivity contribution is 5.84. The van der Waals surface area contributed by atoms with Crippen molar-refractivity contribution >= 4 is 16.9 Å². The van der Waals surface area contributed by atoms with Gasteiger partial charge in [-0.3, -0.25) is 9.69 Å². The van der Waals surface area contributed by atoms with E-state index in [1.807, 2.05) is 6.07 Å². The number of unbranched alkanes of at least 4 members (excludes halogenated alkanes) is 3. The van der Waals surface area contributed by atoms with Crippen LogP contribution in [0.5, 0.6) is 0 Å². The molecule has 1 N–H and O–H groups in total. The molecule has 5 nitrogen and oxygen atoms in total. The fourth-order valence-corrected chi connectivity index (χ4v) is 4.46. The lowest BCUT2D eigenvalue weighted by atomic mass is 10.0. The molecule has 2 fully saturated rings. The van der Waals surface area contributed by atoms with Gasteiger partial charge in [0.25, 0.3) is 0 Å². The number of rotatable bonds is 7. The van der Waals surface area contributed by atoms with Gasteiger partial charge in [-0.1, -0.05) is 51.0 Å². The highest BCUT2D eigenvalue weighted by Crippen LogP contribution is 2.30. The van der Waals surface area contributed by atoms with Crippen molar-refractivity contribution in [2.75, 3.05) is 26.2 Å². The van der Waals surface area contributed by atoms with E-state index in [-0.39, 0.29) is 11.9 Å². The van der Waals surface area contributed by atoms with Gasteiger partial charge in [0.2, 0.25) is 5.91 Å². The van der Waals surface area contributed by atoms with Crippen LogP contribution < -0.4 is 5.32 Å². The second kappa shape index (κ2) is 8.39. The van der Waals surface area contributed by atoms with Gasteiger partial charge in [-0.05, 0) is 12.5 Å². The average molecular weight is 382 g/mol. The normalized spacial score (nSPS) is 20.5. The lowest BCUT2D eigenvalue weighted by Gasteiger charge is -2.45. The van der Waals surface area contributed by atoms with Gasteiger partial charge in [0.1, 0.15) is 17.4 Å². The molecule has 3 heterocycles. The Kier molecular flexibility index (Phi) is 5.72. The number of nitrogens with one attached hydrogen (secondary N) is 1. The van der Waals surface area contributed by atoms with E-state index in [1.54, 1.807) is 0 Å². The monoisotopic (exact) mass is 381 g/mol. The molecule has 2 aromatic rings. The molecule has 4 rings (SSSR count). The Morgan fingerprint density at radius 3 is 2.93 bits per heavy atom. The van der Waals surface area contributed by atoms with Gasteiger partial charge in [-0.2, -0.15) is 0 Å². The minimum absolute atomic E-state index is 0.119. The van der Waals surface area contributed by atoms with Crippen LogP contribution in [0.2, 0.25) is 0 Å². The van der Waals surface area contributed by atoms with Crippen LogP contribution in [0.25, 0.3) is 11.0 Å². The zero-order chi connectivity index (χ0) is 19.5. The molecule has 150 valence electrons. The summed E-state index contributed by atoms with van der Waals surface area (Å²) in [6, 6.07) is 8.22. The number of hydrogen-bond acceptors (Lipinski definition) is 4. The van der Waals surface area contributed by atoms with E-state index >= 15 is 0 Å². The molecule has 1 aromatic heterocycles. The lowest BCUT2D eigenvalue weighted by Crippen LogP contribution is -2.62. The second-order valence-corrected chi connectivity index (χ2v) is 8.04. The van der Waals surface area contributed by atoms with E-state index in [1.165, 1.54) is 36.6 Å². The molecule has 1 unspecified atom stereocenters. The van der Waals surface area contributed by atoms with Crippen LogP contribution in [0.3, 0.4) is 0 Å². The van der Waals surface area contributed by atoms with Crippen LogP contribution in [0, 0.1) is 0 Å². The quantitative estimate of drug-likeness (QED) is 0.743. The van der Waals surface area contributed by atoms with Crippen molar-refractivity contribution in [1.82, 2.24) is 15.1 Å². The van der Waals surface area contributed by atoms with Crippen LogP contribution in [0.15, 0.2) is 41.0 Å². The molecule has 0 bridgehead atoms. The van der Waals surface area contributed by atoms with Crippen molar-refractivity contribution in [1.29, 1.82) is 0 Å². The smallest absolute Gasteiger partial charge is 0.244 e. The van der Waals surface area contributed by atoms with Crippen LogP contribution in [0.4, 0.5) is 0 Å². The zero-order valence-corrected chi connectivity index (χ0v) is 16.9. The number of furan rings is 1. The Balaban J connectivity index is 1.52. The van der Waals surface area contributed by atoms with Gasteiger partial charge in [-0.25, -0.2) is 0 Å². The number of fused-ring (bicyclic) bond motifs is 2. The third kappa shape index (κ3) is 3.81. The number of benzene rings is 1. The number of nitrogens with zero attached hydrogens (tertiary/aromatic N) is 2. The molecular formula is C23H31N3O2. The minimum atomic E-state index is -0.124. The highest BCUT2D eigenvalue weighted by Gasteiger charge is 2.36. The van der Waals surface area contributed by atoms with Gasteiger partial charge in [0, 0.05) is 49.2 Å². The summed E-state index contributed by atoms with van der Waals surface area (Å²) < 4.78 is 6.24. The molecule has 2 aliphatic rings. The number of para-hydroxylation sites is 1. The summed E-state index contributed by atoms with van der Waals surface area (Å²) in [7, 11) is 0. The molecule has 5 heteroatoms. The number of aryl methyl sites for hydroxylation is 1. The first-order chi connectivity index (χ1) is 13.7. The number of piperazine rings is 2. The molecule has 2 saturated heterocycles. The van der Waals surface area contributed by atoms with E-state index in [0.717, 1.165) is 49.6 Å². The summed E-state index contributed by atoms with van der Waals surface area (Å²) in [5.41, 5.74) is 3.30. The van der Waals surface area contributed by atoms with Crippen molar-refractivity contribution < 1.29 is 9.21 Å². The van der Waals surface area contributed by atoms with Gasteiger partial charge in [0.15, 0.2) is 0 Å². The second-order valence-electron chi connectivity index (χ2n) is 8.04. The van der Waals surface area contributed by atoms with Crippen molar-refractivity contribution in [3.05, 3.63) is 47.9 Å². The fraction of sp³-hybridized carbons (Fsp3) is 0.522. The minimum Gasteiger partial charge on any atom is -0.461 e. The summed E-state index contributed by atoms with van der Waals surface area (Å²) >= 11 is 0. The SMILES string of the molecule is C=C1CNC(=O)C2CN(Cc3c(CCCCCC)oc4ccccc34)CCN12. The Morgan fingerprint density at radius 2 is 2.07 bits per heavy atom. The molecular weight excluding hydrogens is 350 g/mol. The average Bonchev–Trinajstić information content (AvgIpc) is 3.06. The van der Waals surface area contributed by atoms with E-state index in [4.69, 9.17) is 4.42 Å². The Hall–Kier alpha value is -2.27. The molecule has 2 aliphatic heterocycles. The summed E-state index contributed by atoms with van der Waals surface area (Å²) in [6.45, 7) is 10.3. The summed E-state index contributed by atoms with van der Waals surface area (Å²) in [5, 5.41) is 4.18. The predicted octanol–water partition coefficient (Wildman–Crippen LogP) is 3.69. The first-order valence-corrected chi connectivity index (χ1v) is 10.6. The molecule has 28 heavy (non-hydrogen) atoms. The first-order valence-electron chi connectivity index (χ1n) is 10.6. The van der Waals surface area contributed by atoms with E-state index < -0.39 is 0 Å². The Morgan fingerprint density at radius 1 is 1.21 bits per heavy atom. The van der Waals surface area contributed by atoms with Crippen molar-refractivity contribution in [2.24, 2.45) is 0 Å². The summed E-state index contributed by atoms with van der Waals surface area (Å²) in [5.74, 6) is 1.24. The maximum Gasteiger partial charge on any atom is 0.244 e. The fourth-order valence-electron chi connectivity index (χ4n) is 4.46. The number of carbonyl (C=O) groups excluding carboxylic acids is 1. The lowest BCUT2D eigenvalue weighted by molar-refractivity contribution is -0.130. The van der Waals surface area contributed by atoms with Crippen LogP contribution in [-0.2, 0) is 17.8 Å². The maximum atomic E-state index is 12.4. The zero-order valence-electron chi connectivity index (χ0n) is 16.9. The van der Waals surface area contributed by atoms with Gasteiger partial charge in [0.05, 0.1) is 6.54 Å². The van der Waals surface area contributed by atoms with Gasteiger partial charge in [-0.15, -0.1) is 0 Å². The third-order valence-corrected chi connectivity index (χ3v) is 6.06. The van der Waals surface area contributed by atoms with Crippen LogP contribution in [-0.4, -0.2) is 47.9 Å². The molecule has 1 aromatic carbocycles.